The molecule has 0 aliphatic carbocycles. The predicted octanol–water partition coefficient (Wildman–Crippen LogP) is 3.28. The van der Waals surface area contributed by atoms with Gasteiger partial charge >= 0.3 is 5.97 Å². The molecule has 4 heteroatoms. The molecule has 1 heterocycles. The fourth-order valence-corrected chi connectivity index (χ4v) is 2.87. The van der Waals surface area contributed by atoms with Crippen molar-refractivity contribution in [3.8, 4) is 0 Å². The first kappa shape index (κ1) is 13.6. The largest absolute Gasteiger partial charge is 0.478 e. The molecule has 0 saturated heterocycles. The highest BCUT2D eigenvalue weighted by Crippen LogP contribution is 2.35. The number of rotatable bonds is 3. The van der Waals surface area contributed by atoms with Gasteiger partial charge in [0.1, 0.15) is 0 Å². The molecule has 0 aliphatic heterocycles. The highest BCUT2D eigenvalue weighted by molar-refractivity contribution is 6.05. The van der Waals surface area contributed by atoms with Crippen LogP contribution < -0.4 is 0 Å². The SMILES string of the molecule is Cc1c(C(C)O)c2c(C(=O)O)cccc2n1C(C)C. The Morgan fingerprint density at radius 1 is 1.26 bits per heavy atom. The number of carboxylic acids is 1. The number of hydrogen-bond acceptors (Lipinski definition) is 2. The van der Waals surface area contributed by atoms with E-state index in [4.69, 9.17) is 0 Å². The second kappa shape index (κ2) is 4.70. The number of aromatic nitrogens is 1. The maximum atomic E-state index is 11.4. The number of benzene rings is 1. The molecular formula is C15H19NO3. The van der Waals surface area contributed by atoms with Crippen molar-refractivity contribution in [2.24, 2.45) is 0 Å². The Bertz CT molecular complexity index is 638. The van der Waals surface area contributed by atoms with Crippen molar-refractivity contribution in [2.45, 2.75) is 39.8 Å². The highest BCUT2D eigenvalue weighted by Gasteiger charge is 2.23. The molecule has 0 fully saturated rings. The second-order valence-electron chi connectivity index (χ2n) is 5.14. The minimum Gasteiger partial charge on any atom is -0.478 e. The fourth-order valence-electron chi connectivity index (χ4n) is 2.87. The zero-order valence-corrected chi connectivity index (χ0v) is 11.6. The molecule has 19 heavy (non-hydrogen) atoms. The summed E-state index contributed by atoms with van der Waals surface area (Å²) in [6.45, 7) is 7.69. The Morgan fingerprint density at radius 3 is 2.37 bits per heavy atom. The van der Waals surface area contributed by atoms with Gasteiger partial charge in [0.05, 0.1) is 11.7 Å². The molecule has 0 spiro atoms. The molecule has 0 saturated carbocycles. The molecule has 0 radical (unpaired) electrons. The van der Waals surface area contributed by atoms with Gasteiger partial charge in [-0.05, 0) is 39.8 Å². The van der Waals surface area contributed by atoms with Crippen LogP contribution >= 0.6 is 0 Å². The summed E-state index contributed by atoms with van der Waals surface area (Å²) in [6, 6.07) is 5.44. The van der Waals surface area contributed by atoms with E-state index < -0.39 is 12.1 Å². The van der Waals surface area contributed by atoms with Gasteiger partial charge in [0, 0.05) is 28.2 Å². The zero-order chi connectivity index (χ0) is 14.3. The van der Waals surface area contributed by atoms with Crippen LogP contribution in [0.25, 0.3) is 10.9 Å². The molecular weight excluding hydrogens is 242 g/mol. The standard InChI is InChI=1S/C15H19NO3/c1-8(2)16-9(3)13(10(4)17)14-11(15(18)19)6-5-7-12(14)16/h5-8,10,17H,1-4H3,(H,18,19). The number of carbonyl (C=O) groups is 1. The molecule has 1 aromatic carbocycles. The summed E-state index contributed by atoms with van der Waals surface area (Å²) >= 11 is 0. The van der Waals surface area contributed by atoms with Crippen LogP contribution in [0.15, 0.2) is 18.2 Å². The first-order valence-electron chi connectivity index (χ1n) is 6.41. The second-order valence-corrected chi connectivity index (χ2v) is 5.14. The van der Waals surface area contributed by atoms with E-state index in [1.54, 1.807) is 19.1 Å². The minimum absolute atomic E-state index is 0.207. The zero-order valence-electron chi connectivity index (χ0n) is 11.6. The lowest BCUT2D eigenvalue weighted by molar-refractivity contribution is 0.0699. The normalized spacial score (nSPS) is 13.2. The summed E-state index contributed by atoms with van der Waals surface area (Å²) in [7, 11) is 0. The molecule has 1 unspecified atom stereocenters. The van der Waals surface area contributed by atoms with Crippen molar-refractivity contribution in [3.05, 3.63) is 35.0 Å². The van der Waals surface area contributed by atoms with Gasteiger partial charge in [0.2, 0.25) is 0 Å². The number of hydrogen-bond donors (Lipinski definition) is 2. The lowest BCUT2D eigenvalue weighted by Gasteiger charge is -2.13. The highest BCUT2D eigenvalue weighted by atomic mass is 16.4. The maximum Gasteiger partial charge on any atom is 0.336 e. The van der Waals surface area contributed by atoms with Crippen LogP contribution in [0, 0.1) is 6.92 Å². The molecule has 0 aliphatic rings. The van der Waals surface area contributed by atoms with E-state index in [0.29, 0.717) is 10.9 Å². The predicted molar refractivity (Wildman–Crippen MR) is 74.7 cm³/mol. The molecule has 2 aromatic rings. The lowest BCUT2D eigenvalue weighted by Crippen LogP contribution is -2.03. The average Bonchev–Trinajstić information content (AvgIpc) is 2.59. The summed E-state index contributed by atoms with van der Waals surface area (Å²) in [6.07, 6.45) is -0.692. The lowest BCUT2D eigenvalue weighted by atomic mass is 10.0. The summed E-state index contributed by atoms with van der Waals surface area (Å²) < 4.78 is 2.07. The number of aliphatic hydroxyl groups excluding tert-OH is 1. The number of fused-ring (bicyclic) bond motifs is 1. The summed E-state index contributed by atoms with van der Waals surface area (Å²) in [5, 5.41) is 20.0. The van der Waals surface area contributed by atoms with E-state index in [-0.39, 0.29) is 11.6 Å². The van der Waals surface area contributed by atoms with Gasteiger partial charge in [-0.3, -0.25) is 0 Å². The van der Waals surface area contributed by atoms with E-state index in [9.17, 15) is 15.0 Å². The third-order valence-electron chi connectivity index (χ3n) is 3.49. The molecule has 0 amide bonds. The van der Waals surface area contributed by atoms with Crippen molar-refractivity contribution < 1.29 is 15.0 Å². The van der Waals surface area contributed by atoms with E-state index in [1.165, 1.54) is 0 Å². The van der Waals surface area contributed by atoms with E-state index in [2.05, 4.69) is 4.57 Å². The molecule has 102 valence electrons. The molecule has 1 aromatic heterocycles. The van der Waals surface area contributed by atoms with E-state index in [0.717, 1.165) is 11.2 Å². The molecule has 1 atom stereocenters. The summed E-state index contributed by atoms with van der Waals surface area (Å²) in [4.78, 5) is 11.4. The van der Waals surface area contributed by atoms with Crippen LogP contribution in [0.5, 0.6) is 0 Å². The van der Waals surface area contributed by atoms with Crippen molar-refractivity contribution in [1.29, 1.82) is 0 Å². The monoisotopic (exact) mass is 261 g/mol. The first-order chi connectivity index (χ1) is 8.86. The molecule has 0 bridgehead atoms. The van der Waals surface area contributed by atoms with Gasteiger partial charge in [-0.1, -0.05) is 6.07 Å². The minimum atomic E-state index is -0.964. The summed E-state index contributed by atoms with van der Waals surface area (Å²) in [5.41, 5.74) is 2.75. The van der Waals surface area contributed by atoms with Gasteiger partial charge in [-0.2, -0.15) is 0 Å². The van der Waals surface area contributed by atoms with Gasteiger partial charge in [0.15, 0.2) is 0 Å². The van der Waals surface area contributed by atoms with Crippen LogP contribution in [0.2, 0.25) is 0 Å². The summed E-state index contributed by atoms with van der Waals surface area (Å²) in [5.74, 6) is -0.964. The van der Waals surface area contributed by atoms with Crippen LogP contribution in [-0.4, -0.2) is 20.7 Å². The van der Waals surface area contributed by atoms with Gasteiger partial charge < -0.3 is 14.8 Å². The Balaban J connectivity index is 2.98. The third kappa shape index (κ3) is 2.02. The maximum absolute atomic E-state index is 11.4. The van der Waals surface area contributed by atoms with Crippen molar-refractivity contribution in [1.82, 2.24) is 4.57 Å². The molecule has 2 N–H and O–H groups in total. The number of carboxylic acid groups (broad SMARTS) is 1. The van der Waals surface area contributed by atoms with Crippen LogP contribution in [0.1, 0.15) is 54.5 Å². The average molecular weight is 261 g/mol. The molecule has 4 nitrogen and oxygen atoms in total. The van der Waals surface area contributed by atoms with Gasteiger partial charge in [0.25, 0.3) is 0 Å². The van der Waals surface area contributed by atoms with Crippen molar-refractivity contribution >= 4 is 16.9 Å². The Labute approximate surface area is 112 Å². The van der Waals surface area contributed by atoms with Crippen molar-refractivity contribution in [2.75, 3.05) is 0 Å². The van der Waals surface area contributed by atoms with Crippen LogP contribution in [0.4, 0.5) is 0 Å². The third-order valence-corrected chi connectivity index (χ3v) is 3.49. The smallest absolute Gasteiger partial charge is 0.336 e. The first-order valence-corrected chi connectivity index (χ1v) is 6.41. The van der Waals surface area contributed by atoms with Crippen LogP contribution in [0.3, 0.4) is 0 Å². The van der Waals surface area contributed by atoms with E-state index in [1.807, 2.05) is 26.8 Å². The Morgan fingerprint density at radius 2 is 1.89 bits per heavy atom. The topological polar surface area (TPSA) is 62.5 Å². The van der Waals surface area contributed by atoms with Gasteiger partial charge in [-0.15, -0.1) is 0 Å². The molecule has 2 rings (SSSR count). The Hall–Kier alpha value is -1.81. The van der Waals surface area contributed by atoms with E-state index >= 15 is 0 Å². The number of aromatic carboxylic acids is 1. The number of aliphatic hydroxyl groups is 1. The van der Waals surface area contributed by atoms with Crippen LogP contribution in [-0.2, 0) is 0 Å². The van der Waals surface area contributed by atoms with Gasteiger partial charge in [-0.25, -0.2) is 4.79 Å². The van der Waals surface area contributed by atoms with Crippen molar-refractivity contribution in [3.63, 3.8) is 0 Å². The Kier molecular flexibility index (Phi) is 3.37. The fraction of sp³-hybridized carbons (Fsp3) is 0.400. The number of nitrogens with zero attached hydrogens (tertiary/aromatic N) is 1. The quantitative estimate of drug-likeness (QED) is 0.891.